The Kier molecular flexibility index (Phi) is 4.16. The summed E-state index contributed by atoms with van der Waals surface area (Å²) in [5.74, 6) is -0.351. The van der Waals surface area contributed by atoms with Crippen LogP contribution in [0.1, 0.15) is 32.6 Å². The standard InChI is InChI=1S/C17H19N3O3S/c1-11-7-15(8-16(12(11)2)24(18,22)23)17(21)19-20-9-13-5-3-4-6-14(13)10-20/h3-8H,9-10H2,1-2H3,(H,19,21)(H2,18,22,23). The highest BCUT2D eigenvalue weighted by molar-refractivity contribution is 7.89. The summed E-state index contributed by atoms with van der Waals surface area (Å²) in [5, 5.41) is 7.05. The fourth-order valence-corrected chi connectivity index (χ4v) is 3.75. The van der Waals surface area contributed by atoms with Crippen molar-refractivity contribution in [3.05, 3.63) is 64.2 Å². The molecule has 3 N–H and O–H groups in total. The number of rotatable bonds is 3. The summed E-state index contributed by atoms with van der Waals surface area (Å²) in [4.78, 5) is 12.5. The predicted molar refractivity (Wildman–Crippen MR) is 90.4 cm³/mol. The fraction of sp³-hybridized carbons (Fsp3) is 0.235. The van der Waals surface area contributed by atoms with Crippen LogP contribution in [0.2, 0.25) is 0 Å². The second kappa shape index (κ2) is 6.01. The number of nitrogens with zero attached hydrogens (tertiary/aromatic N) is 1. The van der Waals surface area contributed by atoms with Crippen LogP contribution in [0.5, 0.6) is 0 Å². The summed E-state index contributed by atoms with van der Waals surface area (Å²) in [6.07, 6.45) is 0. The van der Waals surface area contributed by atoms with Crippen molar-refractivity contribution < 1.29 is 13.2 Å². The quantitative estimate of drug-likeness (QED) is 0.884. The van der Waals surface area contributed by atoms with E-state index < -0.39 is 10.0 Å². The zero-order chi connectivity index (χ0) is 17.5. The number of carbonyl (C=O) groups is 1. The van der Waals surface area contributed by atoms with Gasteiger partial charge < -0.3 is 0 Å². The molecule has 0 spiro atoms. The lowest BCUT2D eigenvalue weighted by Gasteiger charge is -2.17. The lowest BCUT2D eigenvalue weighted by molar-refractivity contribution is 0.0784. The Morgan fingerprint density at radius 1 is 1.12 bits per heavy atom. The van der Waals surface area contributed by atoms with Gasteiger partial charge in [-0.25, -0.2) is 18.6 Å². The van der Waals surface area contributed by atoms with Crippen LogP contribution in [-0.4, -0.2) is 19.3 Å². The second-order valence-electron chi connectivity index (χ2n) is 6.03. The summed E-state index contributed by atoms with van der Waals surface area (Å²) in [7, 11) is -3.88. The molecule has 126 valence electrons. The van der Waals surface area contributed by atoms with Crippen LogP contribution in [0, 0.1) is 13.8 Å². The van der Waals surface area contributed by atoms with Gasteiger partial charge in [-0.3, -0.25) is 10.2 Å². The topological polar surface area (TPSA) is 92.5 Å². The van der Waals surface area contributed by atoms with E-state index in [1.54, 1.807) is 24.9 Å². The molecule has 1 heterocycles. The maximum atomic E-state index is 12.5. The van der Waals surface area contributed by atoms with Crippen LogP contribution in [0.4, 0.5) is 0 Å². The van der Waals surface area contributed by atoms with Gasteiger partial charge in [0.1, 0.15) is 0 Å². The number of hydrogen-bond acceptors (Lipinski definition) is 4. The van der Waals surface area contributed by atoms with Gasteiger partial charge in [0, 0.05) is 18.7 Å². The van der Waals surface area contributed by atoms with Crippen molar-refractivity contribution in [2.75, 3.05) is 0 Å². The number of hydrazine groups is 1. The molecule has 2 aromatic rings. The van der Waals surface area contributed by atoms with Gasteiger partial charge in [-0.1, -0.05) is 24.3 Å². The van der Waals surface area contributed by atoms with Gasteiger partial charge in [-0.2, -0.15) is 0 Å². The number of fused-ring (bicyclic) bond motifs is 1. The van der Waals surface area contributed by atoms with E-state index in [1.807, 2.05) is 24.3 Å². The van der Waals surface area contributed by atoms with Crippen LogP contribution < -0.4 is 10.6 Å². The minimum Gasteiger partial charge on any atom is -0.284 e. The Hall–Kier alpha value is -2.22. The zero-order valence-electron chi connectivity index (χ0n) is 13.5. The monoisotopic (exact) mass is 345 g/mol. The smallest absolute Gasteiger partial charge is 0.265 e. The summed E-state index contributed by atoms with van der Waals surface area (Å²) in [6, 6.07) is 11.0. The maximum absolute atomic E-state index is 12.5. The summed E-state index contributed by atoms with van der Waals surface area (Å²) in [5.41, 5.74) is 6.70. The molecule has 1 aliphatic rings. The van der Waals surface area contributed by atoms with Gasteiger partial charge in [0.15, 0.2) is 0 Å². The molecule has 0 fully saturated rings. The number of sulfonamides is 1. The number of primary sulfonamides is 1. The highest BCUT2D eigenvalue weighted by Crippen LogP contribution is 2.22. The molecule has 7 heteroatoms. The van der Waals surface area contributed by atoms with Crippen LogP contribution in [-0.2, 0) is 23.1 Å². The molecule has 0 saturated heterocycles. The number of aryl methyl sites for hydroxylation is 1. The molecule has 0 saturated carbocycles. The molecular weight excluding hydrogens is 326 g/mol. The van der Waals surface area contributed by atoms with Gasteiger partial charge in [0.2, 0.25) is 10.0 Å². The lowest BCUT2D eigenvalue weighted by Crippen LogP contribution is -2.38. The van der Waals surface area contributed by atoms with Crippen molar-refractivity contribution in [3.63, 3.8) is 0 Å². The van der Waals surface area contributed by atoms with Crippen LogP contribution in [0.3, 0.4) is 0 Å². The molecule has 1 aliphatic heterocycles. The van der Waals surface area contributed by atoms with Crippen molar-refractivity contribution >= 4 is 15.9 Å². The molecule has 0 aromatic heterocycles. The third kappa shape index (κ3) is 3.19. The molecule has 0 aliphatic carbocycles. The largest absolute Gasteiger partial charge is 0.284 e. The molecule has 0 unspecified atom stereocenters. The molecule has 24 heavy (non-hydrogen) atoms. The van der Waals surface area contributed by atoms with Crippen LogP contribution in [0.15, 0.2) is 41.3 Å². The van der Waals surface area contributed by atoms with Gasteiger partial charge in [0.25, 0.3) is 5.91 Å². The Morgan fingerprint density at radius 2 is 1.71 bits per heavy atom. The average molecular weight is 345 g/mol. The number of amides is 1. The predicted octanol–water partition coefficient (Wildman–Crippen LogP) is 1.61. The van der Waals surface area contributed by atoms with Crippen molar-refractivity contribution in [2.24, 2.45) is 5.14 Å². The first-order valence-corrected chi connectivity index (χ1v) is 9.07. The molecule has 6 nitrogen and oxygen atoms in total. The van der Waals surface area contributed by atoms with Gasteiger partial charge >= 0.3 is 0 Å². The maximum Gasteiger partial charge on any atom is 0.265 e. The van der Waals surface area contributed by atoms with Crippen molar-refractivity contribution in [1.82, 2.24) is 10.4 Å². The first-order chi connectivity index (χ1) is 11.3. The first kappa shape index (κ1) is 16.6. The Labute approximate surface area is 141 Å². The second-order valence-corrected chi connectivity index (χ2v) is 7.56. The van der Waals surface area contributed by atoms with Crippen molar-refractivity contribution in [2.45, 2.75) is 31.8 Å². The normalized spacial score (nSPS) is 14.5. The van der Waals surface area contributed by atoms with Crippen molar-refractivity contribution in [1.29, 1.82) is 0 Å². The molecule has 0 bridgehead atoms. The van der Waals surface area contributed by atoms with Gasteiger partial charge in [0.05, 0.1) is 4.90 Å². The van der Waals surface area contributed by atoms with Crippen molar-refractivity contribution in [3.8, 4) is 0 Å². The van der Waals surface area contributed by atoms with Gasteiger partial charge in [-0.15, -0.1) is 0 Å². The Bertz CT molecular complexity index is 898. The van der Waals surface area contributed by atoms with E-state index in [1.165, 1.54) is 17.2 Å². The minimum absolute atomic E-state index is 0.0163. The lowest BCUT2D eigenvalue weighted by atomic mass is 10.1. The van der Waals surface area contributed by atoms with E-state index in [0.717, 1.165) is 0 Å². The highest BCUT2D eigenvalue weighted by atomic mass is 32.2. The zero-order valence-corrected chi connectivity index (χ0v) is 14.4. The van der Waals surface area contributed by atoms with E-state index in [-0.39, 0.29) is 16.4 Å². The Morgan fingerprint density at radius 3 is 2.25 bits per heavy atom. The van der Waals surface area contributed by atoms with Crippen LogP contribution in [0.25, 0.3) is 0 Å². The van der Waals surface area contributed by atoms with Gasteiger partial charge in [-0.05, 0) is 48.2 Å². The summed E-state index contributed by atoms with van der Waals surface area (Å²) >= 11 is 0. The third-order valence-corrected chi connectivity index (χ3v) is 5.33. The van der Waals surface area contributed by atoms with E-state index in [2.05, 4.69) is 5.43 Å². The fourth-order valence-electron chi connectivity index (χ4n) is 2.87. The number of carbonyl (C=O) groups excluding carboxylic acids is 1. The number of nitrogens with one attached hydrogen (secondary N) is 1. The molecule has 2 aromatic carbocycles. The minimum atomic E-state index is -3.88. The average Bonchev–Trinajstić information content (AvgIpc) is 2.90. The first-order valence-electron chi connectivity index (χ1n) is 7.52. The summed E-state index contributed by atoms with van der Waals surface area (Å²) < 4.78 is 23.4. The van der Waals surface area contributed by atoms with E-state index >= 15 is 0 Å². The molecule has 0 atom stereocenters. The SMILES string of the molecule is Cc1cc(C(=O)NN2Cc3ccccc3C2)cc(S(N)(=O)=O)c1C. The molecular formula is C17H19N3O3S. The number of benzene rings is 2. The third-order valence-electron chi connectivity index (χ3n) is 4.29. The molecule has 0 radical (unpaired) electrons. The van der Waals surface area contributed by atoms with E-state index in [9.17, 15) is 13.2 Å². The number of nitrogens with two attached hydrogens (primary N) is 1. The summed E-state index contributed by atoms with van der Waals surface area (Å²) in [6.45, 7) is 4.67. The van der Waals surface area contributed by atoms with E-state index in [0.29, 0.717) is 24.2 Å². The van der Waals surface area contributed by atoms with Crippen LogP contribution >= 0.6 is 0 Å². The number of hydrogen-bond donors (Lipinski definition) is 2. The highest BCUT2D eigenvalue weighted by Gasteiger charge is 2.22. The van der Waals surface area contributed by atoms with E-state index in [4.69, 9.17) is 5.14 Å². The molecule has 1 amide bonds. The molecule has 3 rings (SSSR count). The Balaban J connectivity index is 1.83.